The summed E-state index contributed by atoms with van der Waals surface area (Å²) in [5, 5.41) is 15.5. The Hall–Kier alpha value is -4.12. The van der Waals surface area contributed by atoms with Gasteiger partial charge in [-0.15, -0.1) is 0 Å². The Labute approximate surface area is 208 Å². The highest BCUT2D eigenvalue weighted by atomic mass is 35.5. The number of nitrogens with zero attached hydrogens (tertiary/aromatic N) is 2. The summed E-state index contributed by atoms with van der Waals surface area (Å²) in [5.41, 5.74) is 3.05. The average molecular weight is 487 g/mol. The molecule has 0 unspecified atom stereocenters. The molecule has 2 N–H and O–H groups in total. The van der Waals surface area contributed by atoms with Crippen molar-refractivity contribution in [3.63, 3.8) is 0 Å². The highest BCUT2D eigenvalue weighted by molar-refractivity contribution is 6.34. The normalized spacial score (nSPS) is 13.6. The molecule has 8 heteroatoms. The van der Waals surface area contributed by atoms with E-state index in [-0.39, 0.29) is 11.5 Å². The van der Waals surface area contributed by atoms with E-state index in [2.05, 4.69) is 15.5 Å². The summed E-state index contributed by atoms with van der Waals surface area (Å²) in [6, 6.07) is 23.0. The van der Waals surface area contributed by atoms with Crippen molar-refractivity contribution in [2.75, 3.05) is 41.8 Å². The monoisotopic (exact) mass is 486 g/mol. The van der Waals surface area contributed by atoms with Crippen LogP contribution >= 0.6 is 11.6 Å². The molecule has 0 saturated carbocycles. The van der Waals surface area contributed by atoms with Gasteiger partial charge in [0, 0.05) is 30.2 Å². The number of amides is 2. The van der Waals surface area contributed by atoms with E-state index in [9.17, 15) is 14.9 Å². The van der Waals surface area contributed by atoms with Crippen LogP contribution in [0.5, 0.6) is 0 Å². The summed E-state index contributed by atoms with van der Waals surface area (Å²) in [4.78, 5) is 27.4. The topological polar surface area (TPSA) is 94.5 Å². The van der Waals surface area contributed by atoms with E-state index in [1.807, 2.05) is 30.3 Å². The minimum Gasteiger partial charge on any atom is -0.378 e. The largest absolute Gasteiger partial charge is 0.378 e. The van der Waals surface area contributed by atoms with Crippen LogP contribution < -0.4 is 15.5 Å². The third kappa shape index (κ3) is 6.27. The van der Waals surface area contributed by atoms with E-state index >= 15 is 0 Å². The maximum Gasteiger partial charge on any atom is 0.266 e. The Bertz CT molecular complexity index is 1290. The molecule has 35 heavy (non-hydrogen) atoms. The van der Waals surface area contributed by atoms with Crippen LogP contribution in [-0.4, -0.2) is 38.1 Å². The molecule has 0 aliphatic carbocycles. The fourth-order valence-electron chi connectivity index (χ4n) is 3.64. The lowest BCUT2D eigenvalue weighted by Gasteiger charge is -2.28. The van der Waals surface area contributed by atoms with Crippen molar-refractivity contribution in [3.05, 3.63) is 94.5 Å². The first kappa shape index (κ1) is 24.0. The Balaban J connectivity index is 1.43. The van der Waals surface area contributed by atoms with Crippen molar-refractivity contribution in [1.82, 2.24) is 0 Å². The molecule has 2 amide bonds. The summed E-state index contributed by atoms with van der Waals surface area (Å²) < 4.78 is 5.37. The van der Waals surface area contributed by atoms with Gasteiger partial charge in [-0.05, 0) is 60.2 Å². The fraction of sp³-hybridized carbons (Fsp3) is 0.148. The second-order valence-electron chi connectivity index (χ2n) is 7.83. The van der Waals surface area contributed by atoms with Crippen molar-refractivity contribution in [2.24, 2.45) is 0 Å². The lowest BCUT2D eigenvalue weighted by molar-refractivity contribution is -0.112. The maximum absolute atomic E-state index is 12.7. The van der Waals surface area contributed by atoms with Gasteiger partial charge in [0.15, 0.2) is 0 Å². The molecule has 0 aromatic heterocycles. The van der Waals surface area contributed by atoms with Crippen LogP contribution in [-0.2, 0) is 9.53 Å². The fourth-order valence-corrected chi connectivity index (χ4v) is 3.86. The first-order valence-corrected chi connectivity index (χ1v) is 11.4. The molecule has 0 radical (unpaired) electrons. The number of carbonyl (C=O) groups is 2. The molecule has 3 aromatic rings. The summed E-state index contributed by atoms with van der Waals surface area (Å²) in [7, 11) is 0. The van der Waals surface area contributed by atoms with Crippen LogP contribution in [0.1, 0.15) is 15.9 Å². The number of anilines is 3. The number of nitriles is 1. The van der Waals surface area contributed by atoms with Crippen molar-refractivity contribution >= 4 is 46.6 Å². The van der Waals surface area contributed by atoms with Crippen molar-refractivity contribution in [1.29, 1.82) is 5.26 Å². The Kier molecular flexibility index (Phi) is 7.78. The van der Waals surface area contributed by atoms with Crippen LogP contribution in [0.3, 0.4) is 0 Å². The Morgan fingerprint density at radius 3 is 2.40 bits per heavy atom. The van der Waals surface area contributed by atoms with Gasteiger partial charge in [0.25, 0.3) is 11.8 Å². The van der Waals surface area contributed by atoms with Crippen LogP contribution in [0, 0.1) is 11.3 Å². The predicted octanol–water partition coefficient (Wildman–Crippen LogP) is 4.97. The van der Waals surface area contributed by atoms with Gasteiger partial charge < -0.3 is 20.3 Å². The lowest BCUT2D eigenvalue weighted by Crippen LogP contribution is -2.36. The number of benzene rings is 3. The van der Waals surface area contributed by atoms with E-state index in [0.717, 1.165) is 18.8 Å². The molecule has 4 rings (SSSR count). The number of rotatable bonds is 6. The van der Waals surface area contributed by atoms with Crippen LogP contribution in [0.15, 0.2) is 78.4 Å². The van der Waals surface area contributed by atoms with E-state index in [1.54, 1.807) is 48.5 Å². The predicted molar refractivity (Wildman–Crippen MR) is 138 cm³/mol. The third-order valence-corrected chi connectivity index (χ3v) is 5.77. The SMILES string of the molecule is N#C/C(=C\c1cccc(NC(=O)c2ccccc2Cl)c1)C(=O)Nc1ccc(N2CCOCC2)cc1. The smallest absolute Gasteiger partial charge is 0.266 e. The third-order valence-electron chi connectivity index (χ3n) is 5.44. The van der Waals surface area contributed by atoms with Gasteiger partial charge in [0.05, 0.1) is 23.8 Å². The molecule has 1 heterocycles. The summed E-state index contributed by atoms with van der Waals surface area (Å²) in [5.74, 6) is -0.868. The number of nitrogens with one attached hydrogen (secondary N) is 2. The molecule has 1 saturated heterocycles. The second kappa shape index (κ2) is 11.3. The zero-order chi connectivity index (χ0) is 24.6. The molecule has 1 aliphatic rings. The van der Waals surface area contributed by atoms with Gasteiger partial charge in [-0.3, -0.25) is 9.59 Å². The summed E-state index contributed by atoms with van der Waals surface area (Å²) in [6.45, 7) is 3.04. The highest BCUT2D eigenvalue weighted by Gasteiger charge is 2.14. The van der Waals surface area contributed by atoms with Crippen LogP contribution in [0.4, 0.5) is 17.1 Å². The van der Waals surface area contributed by atoms with Gasteiger partial charge >= 0.3 is 0 Å². The average Bonchev–Trinajstić information content (AvgIpc) is 2.88. The number of halogens is 1. The van der Waals surface area contributed by atoms with Crippen molar-refractivity contribution < 1.29 is 14.3 Å². The van der Waals surface area contributed by atoms with Gasteiger partial charge in [0.1, 0.15) is 11.6 Å². The Morgan fingerprint density at radius 1 is 0.943 bits per heavy atom. The molecule has 3 aromatic carbocycles. The van der Waals surface area contributed by atoms with E-state index in [4.69, 9.17) is 16.3 Å². The highest BCUT2D eigenvalue weighted by Crippen LogP contribution is 2.21. The minimum atomic E-state index is -0.517. The molecule has 7 nitrogen and oxygen atoms in total. The number of carbonyl (C=O) groups excluding carboxylic acids is 2. The lowest BCUT2D eigenvalue weighted by atomic mass is 10.1. The zero-order valence-corrected chi connectivity index (χ0v) is 19.6. The molecular weight excluding hydrogens is 464 g/mol. The second-order valence-corrected chi connectivity index (χ2v) is 8.24. The minimum absolute atomic E-state index is 0.0585. The van der Waals surface area contributed by atoms with Crippen molar-refractivity contribution in [3.8, 4) is 6.07 Å². The number of hydrogen-bond acceptors (Lipinski definition) is 5. The Morgan fingerprint density at radius 2 is 1.69 bits per heavy atom. The number of morpholine rings is 1. The zero-order valence-electron chi connectivity index (χ0n) is 18.8. The molecule has 0 spiro atoms. The molecule has 176 valence electrons. The molecule has 0 atom stereocenters. The van der Waals surface area contributed by atoms with E-state index in [0.29, 0.717) is 40.7 Å². The van der Waals surface area contributed by atoms with E-state index < -0.39 is 5.91 Å². The van der Waals surface area contributed by atoms with Crippen LogP contribution in [0.2, 0.25) is 5.02 Å². The van der Waals surface area contributed by atoms with Gasteiger partial charge in [-0.2, -0.15) is 5.26 Å². The summed E-state index contributed by atoms with van der Waals surface area (Å²) >= 11 is 6.10. The molecule has 1 fully saturated rings. The van der Waals surface area contributed by atoms with E-state index in [1.165, 1.54) is 6.08 Å². The molecule has 0 bridgehead atoms. The quantitative estimate of drug-likeness (QED) is 0.378. The molecular formula is C27H23ClN4O3. The first-order chi connectivity index (χ1) is 17.0. The van der Waals surface area contributed by atoms with Gasteiger partial charge in [-0.25, -0.2) is 0 Å². The van der Waals surface area contributed by atoms with Gasteiger partial charge in [-0.1, -0.05) is 35.9 Å². The number of ether oxygens (including phenoxy) is 1. The van der Waals surface area contributed by atoms with Crippen molar-refractivity contribution in [2.45, 2.75) is 0 Å². The standard InChI is InChI=1S/C27H23ClN4O3/c28-25-7-2-1-6-24(25)27(34)31-22-5-3-4-19(17-22)16-20(18-29)26(33)30-21-8-10-23(11-9-21)32-12-14-35-15-13-32/h1-11,16-17H,12-15H2,(H,30,33)(H,31,34)/b20-16+. The first-order valence-electron chi connectivity index (χ1n) is 11.1. The molecule has 1 aliphatic heterocycles. The maximum atomic E-state index is 12.7. The van der Waals surface area contributed by atoms with Gasteiger partial charge in [0.2, 0.25) is 0 Å². The number of hydrogen-bond donors (Lipinski definition) is 2. The van der Waals surface area contributed by atoms with Crippen LogP contribution in [0.25, 0.3) is 6.08 Å². The summed E-state index contributed by atoms with van der Waals surface area (Å²) in [6.07, 6.45) is 1.47.